The fraction of sp³-hybridized carbons (Fsp3) is 0.0588. The lowest BCUT2D eigenvalue weighted by atomic mass is 10.1. The highest BCUT2D eigenvalue weighted by Gasteiger charge is 2.36. The number of benzene rings is 2. The summed E-state index contributed by atoms with van der Waals surface area (Å²) in [6.07, 6.45) is 1.32. The molecule has 0 spiro atoms. The molecule has 0 aliphatic carbocycles. The Morgan fingerprint density at radius 3 is 2.67 bits per heavy atom. The summed E-state index contributed by atoms with van der Waals surface area (Å²) in [4.78, 5) is 36.2. The summed E-state index contributed by atoms with van der Waals surface area (Å²) in [6, 6.07) is 8.69. The second-order valence-electron chi connectivity index (χ2n) is 5.34. The molecule has 8 nitrogen and oxygen atoms in total. The Labute approximate surface area is 162 Å². The minimum absolute atomic E-state index is 0.0713. The number of amides is 2. The first kappa shape index (κ1) is 18.7. The Balaban J connectivity index is 2.01. The van der Waals surface area contributed by atoms with Crippen LogP contribution in [0.25, 0.3) is 6.08 Å². The van der Waals surface area contributed by atoms with E-state index in [0.717, 1.165) is 11.0 Å². The van der Waals surface area contributed by atoms with Crippen LogP contribution in [0.2, 0.25) is 5.02 Å². The van der Waals surface area contributed by atoms with Crippen LogP contribution in [0.4, 0.5) is 16.2 Å². The largest absolute Gasteiger partial charge is 0.500 e. The van der Waals surface area contributed by atoms with Gasteiger partial charge in [-0.2, -0.15) is 0 Å². The topological polar surface area (TPSA) is 110 Å². The molecule has 3 rings (SSSR count). The van der Waals surface area contributed by atoms with Crippen LogP contribution < -0.4 is 9.64 Å². The van der Waals surface area contributed by atoms with Crippen molar-refractivity contribution in [2.75, 3.05) is 12.0 Å². The number of phenols is 1. The first-order chi connectivity index (χ1) is 12.8. The molecule has 1 heterocycles. The van der Waals surface area contributed by atoms with Crippen LogP contribution in [-0.4, -0.2) is 28.3 Å². The van der Waals surface area contributed by atoms with Gasteiger partial charge in [-0.15, -0.1) is 0 Å². The molecule has 0 bridgehead atoms. The molecule has 0 radical (unpaired) electrons. The first-order valence-electron chi connectivity index (χ1n) is 7.40. The number of nitro benzene ring substituents is 1. The van der Waals surface area contributed by atoms with Crippen molar-refractivity contribution in [2.24, 2.45) is 0 Å². The van der Waals surface area contributed by atoms with Crippen molar-refractivity contribution >= 4 is 52.0 Å². The maximum absolute atomic E-state index is 12.6. The van der Waals surface area contributed by atoms with Gasteiger partial charge in [0.05, 0.1) is 22.6 Å². The highest BCUT2D eigenvalue weighted by atomic mass is 35.5. The molecule has 138 valence electrons. The zero-order valence-corrected chi connectivity index (χ0v) is 15.3. The van der Waals surface area contributed by atoms with Crippen LogP contribution in [0.3, 0.4) is 0 Å². The van der Waals surface area contributed by atoms with Crippen molar-refractivity contribution in [3.8, 4) is 11.5 Å². The number of ether oxygens (including phenoxy) is 1. The van der Waals surface area contributed by atoms with Gasteiger partial charge in [-0.3, -0.25) is 19.7 Å². The van der Waals surface area contributed by atoms with Gasteiger partial charge in [0.25, 0.3) is 11.1 Å². The number of nitro groups is 1. The van der Waals surface area contributed by atoms with Crippen LogP contribution in [0.5, 0.6) is 11.5 Å². The zero-order chi connectivity index (χ0) is 19.7. The number of rotatable bonds is 4. The van der Waals surface area contributed by atoms with Crippen molar-refractivity contribution in [2.45, 2.75) is 0 Å². The predicted octanol–water partition coefficient (Wildman–Crippen LogP) is 4.20. The van der Waals surface area contributed by atoms with Gasteiger partial charge < -0.3 is 9.84 Å². The van der Waals surface area contributed by atoms with E-state index in [1.54, 1.807) is 18.2 Å². The van der Waals surface area contributed by atoms with Gasteiger partial charge in [-0.1, -0.05) is 17.7 Å². The highest BCUT2D eigenvalue weighted by molar-refractivity contribution is 8.19. The van der Waals surface area contributed by atoms with E-state index >= 15 is 0 Å². The minimum Gasteiger partial charge on any atom is -0.500 e. The monoisotopic (exact) mass is 406 g/mol. The Kier molecular flexibility index (Phi) is 5.06. The molecule has 1 aliphatic rings. The molecule has 1 N–H and O–H groups in total. The number of nitrogens with zero attached hydrogens (tertiary/aromatic N) is 2. The van der Waals surface area contributed by atoms with E-state index in [2.05, 4.69) is 0 Å². The highest BCUT2D eigenvalue weighted by Crippen LogP contribution is 2.40. The predicted molar refractivity (Wildman–Crippen MR) is 101 cm³/mol. The average molecular weight is 407 g/mol. The summed E-state index contributed by atoms with van der Waals surface area (Å²) in [6.45, 7) is 0. The second kappa shape index (κ2) is 7.29. The standard InChI is InChI=1S/C17H11ClN2O6S/c1-26-13-6-9(5-12(15(13)21)20(24)25)7-14-16(22)19(17(23)27-14)11-4-2-3-10(18)8-11/h2-8,21H,1H3. The van der Waals surface area contributed by atoms with Gasteiger partial charge in [0.1, 0.15) is 0 Å². The van der Waals surface area contributed by atoms with Gasteiger partial charge in [-0.05, 0) is 47.7 Å². The van der Waals surface area contributed by atoms with Gasteiger partial charge in [0.2, 0.25) is 5.75 Å². The van der Waals surface area contributed by atoms with Crippen LogP contribution in [-0.2, 0) is 4.79 Å². The van der Waals surface area contributed by atoms with Crippen LogP contribution in [0, 0.1) is 10.1 Å². The van der Waals surface area contributed by atoms with E-state index in [4.69, 9.17) is 16.3 Å². The lowest BCUT2D eigenvalue weighted by molar-refractivity contribution is -0.386. The molecule has 27 heavy (non-hydrogen) atoms. The van der Waals surface area contributed by atoms with Crippen molar-refractivity contribution in [1.82, 2.24) is 0 Å². The molecule has 0 atom stereocenters. The smallest absolute Gasteiger partial charge is 0.315 e. The summed E-state index contributed by atoms with van der Waals surface area (Å²) in [5.41, 5.74) is -0.0229. The maximum Gasteiger partial charge on any atom is 0.315 e. The fourth-order valence-corrected chi connectivity index (χ4v) is 3.47. The molecule has 0 aromatic heterocycles. The van der Waals surface area contributed by atoms with Crippen molar-refractivity contribution in [3.05, 3.63) is 62.0 Å². The summed E-state index contributed by atoms with van der Waals surface area (Å²) in [7, 11) is 1.25. The SMILES string of the molecule is COc1cc(C=C2SC(=O)N(c3cccc(Cl)c3)C2=O)cc([N+](=O)[O-])c1O. The quantitative estimate of drug-likeness (QED) is 0.460. The molecule has 0 unspecified atom stereocenters. The van der Waals surface area contributed by atoms with Gasteiger partial charge in [-0.25, -0.2) is 4.90 Å². The van der Waals surface area contributed by atoms with Crippen LogP contribution >= 0.6 is 23.4 Å². The summed E-state index contributed by atoms with van der Waals surface area (Å²) >= 11 is 6.60. The number of methoxy groups -OCH3 is 1. The molecular weight excluding hydrogens is 396 g/mol. The van der Waals surface area contributed by atoms with E-state index < -0.39 is 27.5 Å². The van der Waals surface area contributed by atoms with Gasteiger partial charge in [0.15, 0.2) is 5.75 Å². The maximum atomic E-state index is 12.6. The number of phenolic OH excluding ortho intramolecular Hbond substituents is 1. The molecule has 2 aromatic carbocycles. The van der Waals surface area contributed by atoms with E-state index in [9.17, 15) is 24.8 Å². The third-order valence-electron chi connectivity index (χ3n) is 3.65. The number of aromatic hydroxyl groups is 1. The lowest BCUT2D eigenvalue weighted by Crippen LogP contribution is -2.27. The number of thioether (sulfide) groups is 1. The number of carbonyl (C=O) groups excluding carboxylic acids is 2. The van der Waals surface area contributed by atoms with Crippen molar-refractivity contribution in [1.29, 1.82) is 0 Å². The third kappa shape index (κ3) is 3.60. The number of imide groups is 1. The number of anilines is 1. The molecule has 2 amide bonds. The average Bonchev–Trinajstić information content (AvgIpc) is 2.89. The number of hydrogen-bond donors (Lipinski definition) is 1. The van der Waals surface area contributed by atoms with Crippen molar-refractivity contribution in [3.63, 3.8) is 0 Å². The molecular formula is C17H11ClN2O6S. The van der Waals surface area contributed by atoms with Gasteiger partial charge >= 0.3 is 5.69 Å². The Hall–Kier alpha value is -3.04. The normalized spacial score (nSPS) is 15.5. The second-order valence-corrected chi connectivity index (χ2v) is 6.77. The summed E-state index contributed by atoms with van der Waals surface area (Å²) < 4.78 is 4.93. The molecule has 1 aliphatic heterocycles. The van der Waals surface area contributed by atoms with Crippen LogP contribution in [0.1, 0.15) is 5.56 Å². The summed E-state index contributed by atoms with van der Waals surface area (Å²) in [5, 5.41) is 20.8. The van der Waals surface area contributed by atoms with E-state index in [-0.39, 0.29) is 16.2 Å². The molecule has 1 fully saturated rings. The van der Waals surface area contributed by atoms with Gasteiger partial charge in [0, 0.05) is 11.1 Å². The number of hydrogen-bond acceptors (Lipinski definition) is 7. The Bertz CT molecular complexity index is 1010. The third-order valence-corrected chi connectivity index (χ3v) is 4.76. The minimum atomic E-state index is -0.771. The molecule has 1 saturated heterocycles. The Morgan fingerprint density at radius 1 is 1.30 bits per heavy atom. The zero-order valence-electron chi connectivity index (χ0n) is 13.7. The molecule has 10 heteroatoms. The van der Waals surface area contributed by atoms with Crippen molar-refractivity contribution < 1.29 is 24.4 Å². The number of halogens is 1. The lowest BCUT2D eigenvalue weighted by Gasteiger charge is -2.12. The van der Waals surface area contributed by atoms with E-state index in [0.29, 0.717) is 22.5 Å². The molecule has 2 aromatic rings. The first-order valence-corrected chi connectivity index (χ1v) is 8.60. The van der Waals surface area contributed by atoms with E-state index in [1.807, 2.05) is 0 Å². The summed E-state index contributed by atoms with van der Waals surface area (Å²) in [5.74, 6) is -1.32. The molecule has 0 saturated carbocycles. The fourth-order valence-electron chi connectivity index (χ4n) is 2.45. The Morgan fingerprint density at radius 2 is 2.04 bits per heavy atom. The number of carbonyl (C=O) groups is 2. The van der Waals surface area contributed by atoms with Crippen LogP contribution in [0.15, 0.2) is 41.3 Å². The van der Waals surface area contributed by atoms with E-state index in [1.165, 1.54) is 25.3 Å².